The zero-order valence-electron chi connectivity index (χ0n) is 14.4. The van der Waals surface area contributed by atoms with Crippen molar-refractivity contribution < 1.29 is 14.6 Å². The SMILES string of the molecule is COc1cc([C@H]2C[C@@H]2c2nccc(C)n2)nc2cc(NC(=O)O)ccc12. The molecule has 2 aromatic heterocycles. The quantitative estimate of drug-likeness (QED) is 0.744. The summed E-state index contributed by atoms with van der Waals surface area (Å²) in [5, 5.41) is 12.1. The zero-order valence-corrected chi connectivity index (χ0v) is 14.4. The normalized spacial score (nSPS) is 18.5. The second kappa shape index (κ2) is 6.25. The summed E-state index contributed by atoms with van der Waals surface area (Å²) in [7, 11) is 1.62. The second-order valence-corrected chi connectivity index (χ2v) is 6.42. The highest BCUT2D eigenvalue weighted by atomic mass is 16.5. The number of nitrogens with one attached hydrogen (secondary N) is 1. The highest BCUT2D eigenvalue weighted by molar-refractivity contribution is 5.91. The molecule has 0 spiro atoms. The number of anilines is 1. The van der Waals surface area contributed by atoms with Gasteiger partial charge in [-0.25, -0.2) is 14.8 Å². The van der Waals surface area contributed by atoms with Gasteiger partial charge in [0.1, 0.15) is 11.6 Å². The third-order valence-corrected chi connectivity index (χ3v) is 4.58. The molecule has 0 bridgehead atoms. The van der Waals surface area contributed by atoms with Crippen LogP contribution in [0.15, 0.2) is 36.5 Å². The number of fused-ring (bicyclic) bond motifs is 1. The summed E-state index contributed by atoms with van der Waals surface area (Å²) in [4.78, 5) is 24.5. The number of methoxy groups -OCH3 is 1. The summed E-state index contributed by atoms with van der Waals surface area (Å²) in [5.74, 6) is 2.07. The molecule has 1 aliphatic carbocycles. The van der Waals surface area contributed by atoms with Gasteiger partial charge in [0.25, 0.3) is 0 Å². The summed E-state index contributed by atoms with van der Waals surface area (Å²) in [6.45, 7) is 1.96. The highest BCUT2D eigenvalue weighted by Crippen LogP contribution is 2.53. The van der Waals surface area contributed by atoms with Gasteiger partial charge >= 0.3 is 6.09 Å². The van der Waals surface area contributed by atoms with Crippen LogP contribution in [0.1, 0.15) is 35.5 Å². The van der Waals surface area contributed by atoms with Gasteiger partial charge in [0.15, 0.2) is 0 Å². The molecular weight excluding hydrogens is 332 g/mol. The zero-order chi connectivity index (χ0) is 18.3. The molecule has 2 heterocycles. The van der Waals surface area contributed by atoms with Crippen molar-refractivity contribution in [3.05, 3.63) is 53.7 Å². The van der Waals surface area contributed by atoms with Crippen LogP contribution in [0.3, 0.4) is 0 Å². The van der Waals surface area contributed by atoms with E-state index in [4.69, 9.17) is 14.8 Å². The van der Waals surface area contributed by atoms with Crippen LogP contribution < -0.4 is 10.1 Å². The first-order valence-corrected chi connectivity index (χ1v) is 8.33. The summed E-state index contributed by atoms with van der Waals surface area (Å²) in [6.07, 6.45) is 1.62. The maximum absolute atomic E-state index is 10.9. The predicted molar refractivity (Wildman–Crippen MR) is 96.8 cm³/mol. The molecule has 4 rings (SSSR count). The van der Waals surface area contributed by atoms with E-state index >= 15 is 0 Å². The minimum Gasteiger partial charge on any atom is -0.496 e. The fourth-order valence-electron chi connectivity index (χ4n) is 3.23. The summed E-state index contributed by atoms with van der Waals surface area (Å²) in [6, 6.07) is 9.06. The smallest absolute Gasteiger partial charge is 0.409 e. The lowest BCUT2D eigenvalue weighted by atomic mass is 10.1. The third kappa shape index (κ3) is 3.03. The van der Waals surface area contributed by atoms with Gasteiger partial charge in [-0.3, -0.25) is 10.3 Å². The Kier molecular flexibility index (Phi) is 3.91. The molecular formula is C19H18N4O3. The number of carbonyl (C=O) groups is 1. The lowest BCUT2D eigenvalue weighted by Gasteiger charge is -2.10. The fourth-order valence-corrected chi connectivity index (χ4v) is 3.23. The van der Waals surface area contributed by atoms with E-state index in [-0.39, 0.29) is 11.8 Å². The summed E-state index contributed by atoms with van der Waals surface area (Å²) in [5.41, 5.74) is 3.04. The number of rotatable bonds is 4. The van der Waals surface area contributed by atoms with Gasteiger partial charge in [-0.05, 0) is 37.6 Å². The van der Waals surface area contributed by atoms with Crippen LogP contribution >= 0.6 is 0 Å². The molecule has 1 aliphatic rings. The third-order valence-electron chi connectivity index (χ3n) is 4.58. The maximum Gasteiger partial charge on any atom is 0.409 e. The Bertz CT molecular complexity index is 1010. The molecule has 0 radical (unpaired) electrons. The molecule has 0 aliphatic heterocycles. The van der Waals surface area contributed by atoms with Crippen LogP contribution in [0.4, 0.5) is 10.5 Å². The summed E-state index contributed by atoms with van der Waals surface area (Å²) >= 11 is 0. The van der Waals surface area contributed by atoms with Crippen LogP contribution in [-0.2, 0) is 0 Å². The van der Waals surface area contributed by atoms with Crippen molar-refractivity contribution in [3.63, 3.8) is 0 Å². The minimum atomic E-state index is -1.11. The van der Waals surface area contributed by atoms with Gasteiger partial charge in [0, 0.05) is 46.6 Å². The average Bonchev–Trinajstić information content (AvgIpc) is 3.41. The second-order valence-electron chi connectivity index (χ2n) is 6.42. The van der Waals surface area contributed by atoms with E-state index in [1.165, 1.54) is 0 Å². The lowest BCUT2D eigenvalue weighted by molar-refractivity contribution is 0.210. The molecule has 0 saturated heterocycles. The highest BCUT2D eigenvalue weighted by Gasteiger charge is 2.43. The van der Waals surface area contributed by atoms with E-state index < -0.39 is 6.09 Å². The molecule has 26 heavy (non-hydrogen) atoms. The fraction of sp³-hybridized carbons (Fsp3) is 0.263. The number of hydrogen-bond acceptors (Lipinski definition) is 5. The molecule has 3 aromatic rings. The van der Waals surface area contributed by atoms with Gasteiger partial charge in [-0.2, -0.15) is 0 Å². The minimum absolute atomic E-state index is 0.242. The van der Waals surface area contributed by atoms with Crippen molar-refractivity contribution in [3.8, 4) is 5.75 Å². The standard InChI is InChI=1S/C19H18N4O3/c1-10-5-6-20-18(21-10)14-8-13(14)16-9-17(26-2)12-4-3-11(22-19(24)25)7-15(12)23-16/h3-7,9,13-14,22H,8H2,1-2H3,(H,24,25)/t13-,14-/m0/s1. The summed E-state index contributed by atoms with van der Waals surface area (Å²) < 4.78 is 5.52. The molecule has 2 N–H and O–H groups in total. The molecule has 7 heteroatoms. The number of benzene rings is 1. The van der Waals surface area contributed by atoms with Crippen LogP contribution in [0.2, 0.25) is 0 Å². The van der Waals surface area contributed by atoms with Crippen LogP contribution in [0.25, 0.3) is 10.9 Å². The lowest BCUT2D eigenvalue weighted by Crippen LogP contribution is -2.07. The van der Waals surface area contributed by atoms with Gasteiger partial charge in [0.2, 0.25) is 0 Å². The van der Waals surface area contributed by atoms with E-state index in [1.54, 1.807) is 25.4 Å². The number of carboxylic acid groups (broad SMARTS) is 1. The molecule has 1 saturated carbocycles. The van der Waals surface area contributed by atoms with Gasteiger partial charge in [-0.1, -0.05) is 0 Å². The molecule has 0 unspecified atom stereocenters. The van der Waals surface area contributed by atoms with E-state index in [0.717, 1.165) is 34.8 Å². The van der Waals surface area contributed by atoms with Crippen molar-refractivity contribution in [2.45, 2.75) is 25.2 Å². The van der Waals surface area contributed by atoms with Gasteiger partial charge in [-0.15, -0.1) is 0 Å². The number of aromatic nitrogens is 3. The van der Waals surface area contributed by atoms with Gasteiger partial charge < -0.3 is 9.84 Å². The number of hydrogen-bond donors (Lipinski definition) is 2. The predicted octanol–water partition coefficient (Wildman–Crippen LogP) is 3.70. The Morgan fingerprint density at radius 1 is 1.23 bits per heavy atom. The Hall–Kier alpha value is -3.22. The topological polar surface area (TPSA) is 97.2 Å². The first-order valence-electron chi connectivity index (χ1n) is 8.33. The molecule has 2 atom stereocenters. The van der Waals surface area contributed by atoms with E-state index in [2.05, 4.69) is 15.3 Å². The molecule has 1 fully saturated rings. The van der Waals surface area contributed by atoms with Crippen LogP contribution in [0.5, 0.6) is 5.75 Å². The Balaban J connectivity index is 1.70. The molecule has 1 aromatic carbocycles. The molecule has 132 valence electrons. The van der Waals surface area contributed by atoms with Crippen molar-refractivity contribution in [2.24, 2.45) is 0 Å². The monoisotopic (exact) mass is 350 g/mol. The number of aryl methyl sites for hydroxylation is 1. The van der Waals surface area contributed by atoms with Crippen LogP contribution in [-0.4, -0.2) is 33.3 Å². The van der Waals surface area contributed by atoms with E-state index in [0.29, 0.717) is 11.2 Å². The first kappa shape index (κ1) is 16.3. The Labute approximate surface area is 150 Å². The Morgan fingerprint density at radius 3 is 2.81 bits per heavy atom. The number of pyridine rings is 1. The van der Waals surface area contributed by atoms with E-state index in [9.17, 15) is 4.79 Å². The number of amides is 1. The van der Waals surface area contributed by atoms with Crippen molar-refractivity contribution in [1.29, 1.82) is 0 Å². The molecule has 7 nitrogen and oxygen atoms in total. The van der Waals surface area contributed by atoms with Crippen molar-refractivity contribution in [2.75, 3.05) is 12.4 Å². The number of ether oxygens (including phenoxy) is 1. The number of nitrogens with zero attached hydrogens (tertiary/aromatic N) is 3. The van der Waals surface area contributed by atoms with Gasteiger partial charge in [0.05, 0.1) is 12.6 Å². The maximum atomic E-state index is 10.9. The Morgan fingerprint density at radius 2 is 2.08 bits per heavy atom. The first-order chi connectivity index (χ1) is 12.5. The van der Waals surface area contributed by atoms with E-state index in [1.807, 2.05) is 25.1 Å². The molecule has 1 amide bonds. The largest absolute Gasteiger partial charge is 0.496 e. The van der Waals surface area contributed by atoms with Crippen molar-refractivity contribution in [1.82, 2.24) is 15.0 Å². The van der Waals surface area contributed by atoms with Crippen LogP contribution in [0, 0.1) is 6.92 Å². The van der Waals surface area contributed by atoms with Crippen molar-refractivity contribution >= 4 is 22.7 Å². The average molecular weight is 350 g/mol.